The van der Waals surface area contributed by atoms with Gasteiger partial charge >= 0.3 is 0 Å². The number of hydrogen-bond acceptors (Lipinski definition) is 6. The van der Waals surface area contributed by atoms with Gasteiger partial charge in [-0.15, -0.1) is 0 Å². The largest absolute Gasteiger partial charge is 0.492 e. The van der Waals surface area contributed by atoms with Gasteiger partial charge in [-0.25, -0.2) is 9.07 Å². The molecule has 0 saturated heterocycles. The molecule has 0 radical (unpaired) electrons. The first kappa shape index (κ1) is 25.3. The van der Waals surface area contributed by atoms with Gasteiger partial charge in [-0.1, -0.05) is 41.9 Å². The van der Waals surface area contributed by atoms with Crippen molar-refractivity contribution in [3.05, 3.63) is 106 Å². The third-order valence-electron chi connectivity index (χ3n) is 6.11. The number of halogens is 2. The highest BCUT2D eigenvalue weighted by Crippen LogP contribution is 2.36. The van der Waals surface area contributed by atoms with E-state index in [4.69, 9.17) is 21.1 Å². The molecule has 1 aliphatic heterocycles. The molecule has 3 aromatic carbocycles. The molecule has 10 heteroatoms. The SMILES string of the molecule is CCOc1ccccc1NC(=O)C1=C(C)Nc2ncnn2C1c1ccc(OCc2c(F)cccc2Cl)cc1. The Morgan fingerprint density at radius 2 is 1.89 bits per heavy atom. The molecule has 0 fully saturated rings. The molecule has 1 atom stereocenters. The van der Waals surface area contributed by atoms with Crippen molar-refractivity contribution in [2.45, 2.75) is 26.5 Å². The highest BCUT2D eigenvalue weighted by atomic mass is 35.5. The first-order chi connectivity index (χ1) is 18.5. The summed E-state index contributed by atoms with van der Waals surface area (Å²) in [5.41, 5.74) is 2.77. The lowest BCUT2D eigenvalue weighted by molar-refractivity contribution is -0.113. The van der Waals surface area contributed by atoms with E-state index < -0.39 is 11.9 Å². The molecule has 2 N–H and O–H groups in total. The van der Waals surface area contributed by atoms with Gasteiger partial charge in [-0.05, 0) is 55.8 Å². The van der Waals surface area contributed by atoms with Crippen molar-refractivity contribution in [1.82, 2.24) is 14.8 Å². The number of rotatable bonds is 8. The molecule has 1 aliphatic rings. The summed E-state index contributed by atoms with van der Waals surface area (Å²) in [5.74, 6) is 0.902. The van der Waals surface area contributed by atoms with E-state index in [1.165, 1.54) is 12.4 Å². The zero-order chi connectivity index (χ0) is 26.6. The second kappa shape index (κ2) is 10.9. The van der Waals surface area contributed by atoms with Crippen LogP contribution in [0.5, 0.6) is 11.5 Å². The number of anilines is 2. The third-order valence-corrected chi connectivity index (χ3v) is 6.47. The topological polar surface area (TPSA) is 90.3 Å². The fourth-order valence-corrected chi connectivity index (χ4v) is 4.52. The Bertz CT molecular complexity index is 1480. The minimum Gasteiger partial charge on any atom is -0.492 e. The van der Waals surface area contributed by atoms with Gasteiger partial charge in [0, 0.05) is 11.3 Å². The number of benzene rings is 3. The maximum Gasteiger partial charge on any atom is 0.255 e. The maximum absolute atomic E-state index is 14.1. The van der Waals surface area contributed by atoms with Gasteiger partial charge in [-0.3, -0.25) is 4.79 Å². The normalized spacial score (nSPS) is 14.5. The molecule has 0 aliphatic carbocycles. The van der Waals surface area contributed by atoms with Crippen molar-refractivity contribution in [2.24, 2.45) is 0 Å². The average Bonchev–Trinajstić information content (AvgIpc) is 3.37. The smallest absolute Gasteiger partial charge is 0.255 e. The van der Waals surface area contributed by atoms with Crippen LogP contribution in [0.4, 0.5) is 16.0 Å². The summed E-state index contributed by atoms with van der Waals surface area (Å²) in [6, 6.07) is 18.4. The lowest BCUT2D eigenvalue weighted by Crippen LogP contribution is -2.31. The Morgan fingerprint density at radius 3 is 2.66 bits per heavy atom. The van der Waals surface area contributed by atoms with Crippen molar-refractivity contribution in [1.29, 1.82) is 0 Å². The van der Waals surface area contributed by atoms with Crippen molar-refractivity contribution < 1.29 is 18.7 Å². The number of para-hydroxylation sites is 2. The summed E-state index contributed by atoms with van der Waals surface area (Å²) in [7, 11) is 0. The van der Waals surface area contributed by atoms with Gasteiger partial charge in [0.1, 0.15) is 36.3 Å². The van der Waals surface area contributed by atoms with Crippen LogP contribution in [0.25, 0.3) is 0 Å². The van der Waals surface area contributed by atoms with Crippen LogP contribution in [0.2, 0.25) is 5.02 Å². The number of hydrogen-bond donors (Lipinski definition) is 2. The second-order valence-corrected chi connectivity index (χ2v) is 8.94. The van der Waals surface area contributed by atoms with Crippen LogP contribution in [0.1, 0.15) is 31.0 Å². The molecule has 0 saturated carbocycles. The molecule has 1 unspecified atom stereocenters. The lowest BCUT2D eigenvalue weighted by Gasteiger charge is -2.29. The zero-order valence-electron chi connectivity index (χ0n) is 20.7. The summed E-state index contributed by atoms with van der Waals surface area (Å²) in [6.45, 7) is 4.16. The van der Waals surface area contributed by atoms with Crippen LogP contribution in [0, 0.1) is 5.82 Å². The van der Waals surface area contributed by atoms with E-state index >= 15 is 0 Å². The molecular weight excluding hydrogens is 509 g/mol. The van der Waals surface area contributed by atoms with Gasteiger partial charge < -0.3 is 20.1 Å². The second-order valence-electron chi connectivity index (χ2n) is 8.54. The molecular formula is C28H25ClFN5O3. The van der Waals surface area contributed by atoms with E-state index in [1.807, 2.05) is 38.1 Å². The maximum atomic E-state index is 14.1. The van der Waals surface area contributed by atoms with E-state index in [2.05, 4.69) is 20.7 Å². The summed E-state index contributed by atoms with van der Waals surface area (Å²) < 4.78 is 27.2. The summed E-state index contributed by atoms with van der Waals surface area (Å²) >= 11 is 6.11. The number of nitrogens with one attached hydrogen (secondary N) is 2. The first-order valence-electron chi connectivity index (χ1n) is 12.0. The molecule has 4 aromatic rings. The molecule has 0 bridgehead atoms. The van der Waals surface area contributed by atoms with Crippen molar-refractivity contribution in [2.75, 3.05) is 17.2 Å². The predicted molar refractivity (Wildman–Crippen MR) is 143 cm³/mol. The van der Waals surface area contributed by atoms with Crippen LogP contribution in [-0.2, 0) is 11.4 Å². The van der Waals surface area contributed by atoms with Crippen LogP contribution in [-0.4, -0.2) is 27.3 Å². The molecule has 8 nitrogen and oxygen atoms in total. The number of amides is 1. The van der Waals surface area contributed by atoms with E-state index in [9.17, 15) is 9.18 Å². The van der Waals surface area contributed by atoms with Gasteiger partial charge in [0.2, 0.25) is 5.95 Å². The highest BCUT2D eigenvalue weighted by molar-refractivity contribution is 6.31. The number of nitrogens with zero attached hydrogens (tertiary/aromatic N) is 3. The number of allylic oxidation sites excluding steroid dienone is 1. The molecule has 38 heavy (non-hydrogen) atoms. The van der Waals surface area contributed by atoms with Gasteiger partial charge in [0.05, 0.1) is 22.9 Å². The monoisotopic (exact) mass is 533 g/mol. The van der Waals surface area contributed by atoms with E-state index in [0.717, 1.165) is 5.56 Å². The van der Waals surface area contributed by atoms with Crippen molar-refractivity contribution in [3.8, 4) is 11.5 Å². The molecule has 1 aromatic heterocycles. The van der Waals surface area contributed by atoms with Crippen LogP contribution < -0.4 is 20.1 Å². The highest BCUT2D eigenvalue weighted by Gasteiger charge is 2.33. The zero-order valence-corrected chi connectivity index (χ0v) is 21.5. The summed E-state index contributed by atoms with van der Waals surface area (Å²) in [5, 5.41) is 10.8. The molecule has 194 valence electrons. The minimum absolute atomic E-state index is 0.0165. The van der Waals surface area contributed by atoms with Crippen molar-refractivity contribution in [3.63, 3.8) is 0 Å². The average molecular weight is 534 g/mol. The Morgan fingerprint density at radius 1 is 1.11 bits per heavy atom. The number of carbonyl (C=O) groups is 1. The van der Waals surface area contributed by atoms with Gasteiger partial charge in [0.15, 0.2) is 0 Å². The number of carbonyl (C=O) groups excluding carboxylic acids is 1. The van der Waals surface area contributed by atoms with Gasteiger partial charge in [-0.2, -0.15) is 10.1 Å². The number of ether oxygens (including phenoxy) is 2. The molecule has 5 rings (SSSR count). The minimum atomic E-state index is -0.553. The third kappa shape index (κ3) is 5.05. The standard InChI is InChI=1S/C28H25ClFN5O3/c1-3-37-24-10-5-4-9-23(24)34-27(36)25-17(2)33-28-31-16-32-35(28)26(25)18-11-13-19(14-12-18)38-15-20-21(29)7-6-8-22(20)30/h4-14,16,26H,3,15H2,1-2H3,(H,34,36)(H,31,32,33). The number of aromatic nitrogens is 3. The summed E-state index contributed by atoms with van der Waals surface area (Å²) in [6.07, 6.45) is 1.43. The Kier molecular flexibility index (Phi) is 7.28. The molecule has 0 spiro atoms. The Balaban J connectivity index is 1.42. The Labute approximate surface area is 224 Å². The van der Waals surface area contributed by atoms with E-state index in [1.54, 1.807) is 41.1 Å². The summed E-state index contributed by atoms with van der Waals surface area (Å²) in [4.78, 5) is 17.9. The first-order valence-corrected chi connectivity index (χ1v) is 12.4. The fraction of sp³-hybridized carbons (Fsp3) is 0.179. The van der Waals surface area contributed by atoms with Crippen LogP contribution >= 0.6 is 11.6 Å². The molecule has 2 heterocycles. The van der Waals surface area contributed by atoms with E-state index in [-0.39, 0.29) is 18.1 Å². The van der Waals surface area contributed by atoms with Gasteiger partial charge in [0.25, 0.3) is 5.91 Å². The fourth-order valence-electron chi connectivity index (χ4n) is 4.31. The van der Waals surface area contributed by atoms with E-state index in [0.29, 0.717) is 46.0 Å². The Hall–Kier alpha value is -4.37. The molecule has 1 amide bonds. The van der Waals surface area contributed by atoms with Crippen LogP contribution in [0.15, 0.2) is 84.3 Å². The van der Waals surface area contributed by atoms with Crippen molar-refractivity contribution >= 4 is 29.1 Å². The lowest BCUT2D eigenvalue weighted by atomic mass is 9.95. The van der Waals surface area contributed by atoms with Crippen LogP contribution in [0.3, 0.4) is 0 Å². The quantitative estimate of drug-likeness (QED) is 0.290. The predicted octanol–water partition coefficient (Wildman–Crippen LogP) is 5.98. The number of fused-ring (bicyclic) bond motifs is 1.